The van der Waals surface area contributed by atoms with E-state index in [2.05, 4.69) is 26.1 Å². The van der Waals surface area contributed by atoms with Crippen molar-refractivity contribution in [3.8, 4) is 5.75 Å². The Kier molecular flexibility index (Phi) is 6.52. The first-order valence-electron chi connectivity index (χ1n) is 7.08. The van der Waals surface area contributed by atoms with E-state index in [0.717, 1.165) is 12.2 Å². The summed E-state index contributed by atoms with van der Waals surface area (Å²) < 4.78 is 5.52. The van der Waals surface area contributed by atoms with Gasteiger partial charge < -0.3 is 15.8 Å². The standard InChI is InChI=1S/C16H26N2O2/c1-16(2,3)11-13(12-17)15(19)18-9-10-20-14-7-5-4-6-8-14/h4-8,13H,9-12,17H2,1-3H3,(H,18,19). The van der Waals surface area contributed by atoms with Gasteiger partial charge in [-0.05, 0) is 24.0 Å². The molecule has 0 heterocycles. The van der Waals surface area contributed by atoms with E-state index >= 15 is 0 Å². The van der Waals surface area contributed by atoms with Crippen molar-refractivity contribution in [2.24, 2.45) is 17.1 Å². The second-order valence-corrected chi connectivity index (χ2v) is 6.15. The number of para-hydroxylation sites is 1. The van der Waals surface area contributed by atoms with Crippen LogP contribution in [0.15, 0.2) is 30.3 Å². The van der Waals surface area contributed by atoms with E-state index in [1.807, 2.05) is 30.3 Å². The van der Waals surface area contributed by atoms with E-state index in [1.54, 1.807) is 0 Å². The maximum atomic E-state index is 12.0. The Morgan fingerprint density at radius 3 is 2.50 bits per heavy atom. The van der Waals surface area contributed by atoms with Gasteiger partial charge in [-0.25, -0.2) is 0 Å². The van der Waals surface area contributed by atoms with Gasteiger partial charge >= 0.3 is 0 Å². The van der Waals surface area contributed by atoms with Crippen molar-refractivity contribution in [1.82, 2.24) is 5.32 Å². The van der Waals surface area contributed by atoms with Crippen LogP contribution in [0.3, 0.4) is 0 Å². The molecule has 0 aromatic heterocycles. The zero-order valence-electron chi connectivity index (χ0n) is 12.7. The van der Waals surface area contributed by atoms with Crippen LogP contribution in [0.5, 0.6) is 5.75 Å². The summed E-state index contributed by atoms with van der Waals surface area (Å²) in [6.07, 6.45) is 0.787. The summed E-state index contributed by atoms with van der Waals surface area (Å²) in [4.78, 5) is 12.0. The van der Waals surface area contributed by atoms with E-state index in [4.69, 9.17) is 10.5 Å². The van der Waals surface area contributed by atoms with Crippen LogP contribution in [0.2, 0.25) is 0 Å². The molecule has 0 saturated heterocycles. The second kappa shape index (κ2) is 7.90. The molecule has 0 aliphatic carbocycles. The predicted molar refractivity (Wildman–Crippen MR) is 81.6 cm³/mol. The van der Waals surface area contributed by atoms with E-state index in [0.29, 0.717) is 19.7 Å². The number of carbonyl (C=O) groups excluding carboxylic acids is 1. The molecule has 4 heteroatoms. The Morgan fingerprint density at radius 1 is 1.30 bits per heavy atom. The molecular formula is C16H26N2O2. The molecule has 0 radical (unpaired) electrons. The topological polar surface area (TPSA) is 64.4 Å². The molecule has 112 valence electrons. The van der Waals surface area contributed by atoms with E-state index < -0.39 is 0 Å². The highest BCUT2D eigenvalue weighted by Gasteiger charge is 2.23. The van der Waals surface area contributed by atoms with Gasteiger partial charge in [0.2, 0.25) is 5.91 Å². The van der Waals surface area contributed by atoms with Crippen LogP contribution in [-0.2, 0) is 4.79 Å². The SMILES string of the molecule is CC(C)(C)CC(CN)C(=O)NCCOc1ccccc1. The number of amides is 1. The van der Waals surface area contributed by atoms with Crippen LogP contribution in [0.1, 0.15) is 27.2 Å². The number of benzene rings is 1. The number of rotatable bonds is 7. The van der Waals surface area contributed by atoms with Crippen LogP contribution in [0, 0.1) is 11.3 Å². The number of carbonyl (C=O) groups is 1. The van der Waals surface area contributed by atoms with Crippen LogP contribution < -0.4 is 15.8 Å². The molecule has 1 aromatic rings. The smallest absolute Gasteiger partial charge is 0.224 e. The average molecular weight is 278 g/mol. The van der Waals surface area contributed by atoms with Crippen LogP contribution in [-0.4, -0.2) is 25.6 Å². The van der Waals surface area contributed by atoms with Gasteiger partial charge in [0.25, 0.3) is 0 Å². The molecule has 0 spiro atoms. The number of ether oxygens (including phenoxy) is 1. The molecule has 1 unspecified atom stereocenters. The second-order valence-electron chi connectivity index (χ2n) is 6.15. The number of nitrogens with two attached hydrogens (primary N) is 1. The van der Waals surface area contributed by atoms with Gasteiger partial charge in [-0.2, -0.15) is 0 Å². The third-order valence-electron chi connectivity index (χ3n) is 2.93. The fourth-order valence-corrected chi connectivity index (χ4v) is 2.03. The van der Waals surface area contributed by atoms with Crippen molar-refractivity contribution >= 4 is 5.91 Å². The van der Waals surface area contributed by atoms with Gasteiger partial charge in [-0.1, -0.05) is 39.0 Å². The average Bonchev–Trinajstić information content (AvgIpc) is 2.41. The zero-order chi connectivity index (χ0) is 15.0. The Morgan fingerprint density at radius 2 is 1.95 bits per heavy atom. The first-order valence-corrected chi connectivity index (χ1v) is 7.08. The quantitative estimate of drug-likeness (QED) is 0.751. The molecule has 1 aromatic carbocycles. The molecular weight excluding hydrogens is 252 g/mol. The summed E-state index contributed by atoms with van der Waals surface area (Å²) in [5, 5.41) is 2.88. The number of hydrogen-bond acceptors (Lipinski definition) is 3. The fourth-order valence-electron chi connectivity index (χ4n) is 2.03. The normalized spacial score (nSPS) is 12.8. The van der Waals surface area contributed by atoms with Crippen molar-refractivity contribution in [2.45, 2.75) is 27.2 Å². The van der Waals surface area contributed by atoms with E-state index in [1.165, 1.54) is 0 Å². The Labute approximate surface area is 121 Å². The third kappa shape index (κ3) is 6.57. The minimum Gasteiger partial charge on any atom is -0.492 e. The van der Waals surface area contributed by atoms with Gasteiger partial charge in [-0.15, -0.1) is 0 Å². The maximum Gasteiger partial charge on any atom is 0.224 e. The lowest BCUT2D eigenvalue weighted by Gasteiger charge is -2.24. The molecule has 20 heavy (non-hydrogen) atoms. The van der Waals surface area contributed by atoms with Gasteiger partial charge in [0.15, 0.2) is 0 Å². The number of hydrogen-bond donors (Lipinski definition) is 2. The molecule has 1 rings (SSSR count). The third-order valence-corrected chi connectivity index (χ3v) is 2.93. The zero-order valence-corrected chi connectivity index (χ0v) is 12.7. The molecule has 1 atom stereocenters. The highest BCUT2D eigenvalue weighted by molar-refractivity contribution is 5.78. The van der Waals surface area contributed by atoms with Crippen molar-refractivity contribution in [1.29, 1.82) is 0 Å². The predicted octanol–water partition coefficient (Wildman–Crippen LogP) is 2.19. The summed E-state index contributed by atoms with van der Waals surface area (Å²) in [6.45, 7) is 7.67. The van der Waals surface area contributed by atoms with E-state index in [-0.39, 0.29) is 17.2 Å². The molecule has 0 aliphatic heterocycles. The Balaban J connectivity index is 2.28. The molecule has 1 amide bonds. The minimum absolute atomic E-state index is 0.0130. The van der Waals surface area contributed by atoms with Gasteiger partial charge in [0, 0.05) is 6.54 Å². The minimum atomic E-state index is -0.133. The first kappa shape index (κ1) is 16.5. The fraction of sp³-hybridized carbons (Fsp3) is 0.562. The van der Waals surface area contributed by atoms with Crippen molar-refractivity contribution in [3.63, 3.8) is 0 Å². The van der Waals surface area contributed by atoms with Gasteiger partial charge in [0.05, 0.1) is 12.5 Å². The highest BCUT2D eigenvalue weighted by Crippen LogP contribution is 2.23. The van der Waals surface area contributed by atoms with Crippen LogP contribution in [0.4, 0.5) is 0 Å². The summed E-state index contributed by atoms with van der Waals surface area (Å²) in [5.74, 6) is 0.692. The molecule has 0 bridgehead atoms. The lowest BCUT2D eigenvalue weighted by Crippen LogP contribution is -2.38. The van der Waals surface area contributed by atoms with Gasteiger partial charge in [-0.3, -0.25) is 4.79 Å². The maximum absolute atomic E-state index is 12.0. The monoisotopic (exact) mass is 278 g/mol. The lowest BCUT2D eigenvalue weighted by atomic mass is 9.84. The largest absolute Gasteiger partial charge is 0.492 e. The Hall–Kier alpha value is -1.55. The molecule has 4 nitrogen and oxygen atoms in total. The molecule has 0 aliphatic rings. The Bertz CT molecular complexity index is 399. The summed E-state index contributed by atoms with van der Waals surface area (Å²) in [7, 11) is 0. The van der Waals surface area contributed by atoms with E-state index in [9.17, 15) is 4.79 Å². The molecule has 3 N–H and O–H groups in total. The van der Waals surface area contributed by atoms with Crippen LogP contribution >= 0.6 is 0 Å². The van der Waals surface area contributed by atoms with Crippen molar-refractivity contribution < 1.29 is 9.53 Å². The molecule has 0 saturated carbocycles. The highest BCUT2D eigenvalue weighted by atomic mass is 16.5. The summed E-state index contributed by atoms with van der Waals surface area (Å²) in [6, 6.07) is 9.56. The van der Waals surface area contributed by atoms with Gasteiger partial charge in [0.1, 0.15) is 12.4 Å². The first-order chi connectivity index (χ1) is 9.42. The number of nitrogens with one attached hydrogen (secondary N) is 1. The molecule has 0 fully saturated rings. The lowest BCUT2D eigenvalue weighted by molar-refractivity contribution is -0.125. The van der Waals surface area contributed by atoms with Crippen molar-refractivity contribution in [2.75, 3.05) is 19.7 Å². The summed E-state index contributed by atoms with van der Waals surface area (Å²) >= 11 is 0. The van der Waals surface area contributed by atoms with Crippen molar-refractivity contribution in [3.05, 3.63) is 30.3 Å². The summed E-state index contributed by atoms with van der Waals surface area (Å²) in [5.41, 5.74) is 5.78. The van der Waals surface area contributed by atoms with Crippen LogP contribution in [0.25, 0.3) is 0 Å².